The Bertz CT molecular complexity index is 954. The predicted octanol–water partition coefficient (Wildman–Crippen LogP) is 3.23. The number of nitro benzene ring substituents is 1. The van der Waals surface area contributed by atoms with E-state index >= 15 is 0 Å². The van der Waals surface area contributed by atoms with Crippen LogP contribution in [-0.2, 0) is 11.3 Å². The summed E-state index contributed by atoms with van der Waals surface area (Å²) >= 11 is 0. The second kappa shape index (κ2) is 7.90. The molecule has 0 aromatic heterocycles. The van der Waals surface area contributed by atoms with E-state index in [4.69, 9.17) is 0 Å². The van der Waals surface area contributed by atoms with Crippen LogP contribution in [0.4, 0.5) is 17.1 Å². The van der Waals surface area contributed by atoms with Gasteiger partial charge < -0.3 is 15.5 Å². The van der Waals surface area contributed by atoms with Gasteiger partial charge in [-0.25, -0.2) is 0 Å². The van der Waals surface area contributed by atoms with Crippen molar-refractivity contribution >= 4 is 28.9 Å². The number of carbonyl (C=O) groups excluding carboxylic acids is 2. The molecule has 2 aliphatic rings. The fourth-order valence-corrected chi connectivity index (χ4v) is 3.39. The van der Waals surface area contributed by atoms with Gasteiger partial charge in [0.2, 0.25) is 5.91 Å². The fourth-order valence-electron chi connectivity index (χ4n) is 3.39. The number of amides is 2. The smallest absolute Gasteiger partial charge is 0.293 e. The summed E-state index contributed by atoms with van der Waals surface area (Å²) in [6, 6.07) is 12.2. The van der Waals surface area contributed by atoms with Gasteiger partial charge in [0.15, 0.2) is 0 Å². The van der Waals surface area contributed by atoms with Gasteiger partial charge in [-0.2, -0.15) is 0 Å². The quantitative estimate of drug-likeness (QED) is 0.554. The minimum atomic E-state index is -0.472. The van der Waals surface area contributed by atoms with Crippen LogP contribution < -0.4 is 15.5 Å². The van der Waals surface area contributed by atoms with E-state index in [0.29, 0.717) is 18.7 Å². The number of hydrogen-bond acceptors (Lipinski definition) is 5. The zero-order valence-corrected chi connectivity index (χ0v) is 15.9. The summed E-state index contributed by atoms with van der Waals surface area (Å²) in [4.78, 5) is 36.9. The topological polar surface area (TPSA) is 105 Å². The van der Waals surface area contributed by atoms with Crippen molar-refractivity contribution in [3.8, 4) is 0 Å². The Morgan fingerprint density at radius 3 is 2.55 bits per heavy atom. The lowest BCUT2D eigenvalue weighted by atomic mass is 10.1. The molecule has 2 aromatic rings. The van der Waals surface area contributed by atoms with E-state index in [-0.39, 0.29) is 29.1 Å². The van der Waals surface area contributed by atoms with Crippen molar-refractivity contribution in [2.45, 2.75) is 38.3 Å². The van der Waals surface area contributed by atoms with Gasteiger partial charge in [0.05, 0.1) is 4.92 Å². The van der Waals surface area contributed by atoms with E-state index in [1.807, 2.05) is 24.3 Å². The summed E-state index contributed by atoms with van der Waals surface area (Å²) < 4.78 is 0. The lowest BCUT2D eigenvalue weighted by molar-refractivity contribution is -0.384. The molecule has 1 aliphatic carbocycles. The SMILES string of the molecule is O=C(NCc1ccc(N2CCCC2=O)cc1)c1ccc(NC2CC2)c([N+](=O)[O-])c1. The maximum atomic E-state index is 12.5. The highest BCUT2D eigenvalue weighted by atomic mass is 16.6. The van der Waals surface area contributed by atoms with Gasteiger partial charge in [-0.3, -0.25) is 19.7 Å². The number of nitrogens with zero attached hydrogens (tertiary/aromatic N) is 2. The van der Waals surface area contributed by atoms with Crippen molar-refractivity contribution in [1.29, 1.82) is 0 Å². The average Bonchev–Trinajstić information content (AvgIpc) is 3.44. The van der Waals surface area contributed by atoms with Gasteiger partial charge in [0.1, 0.15) is 5.69 Å². The molecule has 29 heavy (non-hydrogen) atoms. The van der Waals surface area contributed by atoms with Crippen molar-refractivity contribution < 1.29 is 14.5 Å². The van der Waals surface area contributed by atoms with Crippen molar-refractivity contribution in [1.82, 2.24) is 5.32 Å². The Morgan fingerprint density at radius 1 is 1.17 bits per heavy atom. The van der Waals surface area contributed by atoms with Crippen LogP contribution >= 0.6 is 0 Å². The highest BCUT2D eigenvalue weighted by molar-refractivity contribution is 5.96. The molecule has 2 N–H and O–H groups in total. The molecule has 0 radical (unpaired) electrons. The van der Waals surface area contributed by atoms with Crippen LogP contribution in [0.15, 0.2) is 42.5 Å². The Morgan fingerprint density at radius 2 is 1.93 bits per heavy atom. The second-order valence-corrected chi connectivity index (χ2v) is 7.41. The molecule has 1 saturated heterocycles. The predicted molar refractivity (Wildman–Crippen MR) is 109 cm³/mol. The van der Waals surface area contributed by atoms with Gasteiger partial charge >= 0.3 is 0 Å². The monoisotopic (exact) mass is 394 g/mol. The van der Waals surface area contributed by atoms with Crippen LogP contribution in [0, 0.1) is 10.1 Å². The van der Waals surface area contributed by atoms with Gasteiger partial charge in [0, 0.05) is 42.9 Å². The Balaban J connectivity index is 1.39. The average molecular weight is 394 g/mol. The standard InChI is InChI=1S/C21H22N4O4/c26-20-2-1-11-24(20)17-8-3-14(4-9-17)13-22-21(27)15-5-10-18(23-16-6-7-16)19(12-15)25(28)29/h3-5,8-10,12,16,23H,1-2,6-7,11,13H2,(H,22,27). The lowest BCUT2D eigenvalue weighted by Crippen LogP contribution is -2.24. The van der Waals surface area contributed by atoms with Crippen LogP contribution in [0.2, 0.25) is 0 Å². The molecule has 2 fully saturated rings. The summed E-state index contributed by atoms with van der Waals surface area (Å²) in [5, 5.41) is 17.3. The molecular formula is C21H22N4O4. The van der Waals surface area contributed by atoms with Gasteiger partial charge in [-0.1, -0.05) is 12.1 Å². The van der Waals surface area contributed by atoms with Crippen molar-refractivity contribution in [3.63, 3.8) is 0 Å². The Labute approximate surface area is 168 Å². The van der Waals surface area contributed by atoms with Crippen LogP contribution in [0.1, 0.15) is 41.6 Å². The first-order valence-corrected chi connectivity index (χ1v) is 9.74. The molecule has 2 amide bonds. The van der Waals surface area contributed by atoms with Crippen LogP contribution in [0.25, 0.3) is 0 Å². The van der Waals surface area contributed by atoms with Crippen LogP contribution in [0.5, 0.6) is 0 Å². The minimum Gasteiger partial charge on any atom is -0.377 e. The van der Waals surface area contributed by atoms with Gasteiger partial charge in [0.25, 0.3) is 11.6 Å². The highest BCUT2D eigenvalue weighted by Gasteiger charge is 2.25. The van der Waals surface area contributed by atoms with Crippen LogP contribution in [-0.4, -0.2) is 29.3 Å². The third-order valence-electron chi connectivity index (χ3n) is 5.17. The van der Waals surface area contributed by atoms with Crippen molar-refractivity contribution in [3.05, 3.63) is 63.7 Å². The molecule has 2 aromatic carbocycles. The number of carbonyl (C=O) groups is 2. The molecule has 0 spiro atoms. The number of anilines is 2. The van der Waals surface area contributed by atoms with E-state index in [1.165, 1.54) is 6.07 Å². The normalized spacial score (nSPS) is 16.0. The molecule has 8 nitrogen and oxygen atoms in total. The third-order valence-corrected chi connectivity index (χ3v) is 5.17. The van der Waals surface area contributed by atoms with E-state index in [2.05, 4.69) is 10.6 Å². The third kappa shape index (κ3) is 4.37. The molecule has 4 rings (SSSR count). The number of nitro groups is 1. The molecule has 0 unspecified atom stereocenters. The van der Waals surface area contributed by atoms with E-state index < -0.39 is 4.92 Å². The molecule has 1 aliphatic heterocycles. The summed E-state index contributed by atoms with van der Waals surface area (Å²) in [7, 11) is 0. The minimum absolute atomic E-state index is 0.0933. The Kier molecular flexibility index (Phi) is 5.16. The summed E-state index contributed by atoms with van der Waals surface area (Å²) in [5.74, 6) is -0.239. The van der Waals surface area contributed by atoms with Crippen LogP contribution in [0.3, 0.4) is 0 Å². The fraction of sp³-hybridized carbons (Fsp3) is 0.333. The largest absolute Gasteiger partial charge is 0.377 e. The number of hydrogen-bond donors (Lipinski definition) is 2. The Hall–Kier alpha value is -3.42. The summed E-state index contributed by atoms with van der Waals surface area (Å²) in [6.45, 7) is 1.03. The van der Waals surface area contributed by atoms with Crippen molar-refractivity contribution in [2.75, 3.05) is 16.8 Å². The van der Waals surface area contributed by atoms with Gasteiger partial charge in [-0.15, -0.1) is 0 Å². The van der Waals surface area contributed by atoms with E-state index in [1.54, 1.807) is 17.0 Å². The van der Waals surface area contributed by atoms with Gasteiger partial charge in [-0.05, 0) is 49.1 Å². The maximum Gasteiger partial charge on any atom is 0.293 e. The molecule has 0 atom stereocenters. The molecule has 8 heteroatoms. The zero-order valence-electron chi connectivity index (χ0n) is 15.9. The molecule has 1 saturated carbocycles. The lowest BCUT2D eigenvalue weighted by Gasteiger charge is -2.16. The van der Waals surface area contributed by atoms with Crippen molar-refractivity contribution in [2.24, 2.45) is 0 Å². The second-order valence-electron chi connectivity index (χ2n) is 7.41. The maximum absolute atomic E-state index is 12.5. The first kappa shape index (κ1) is 18.9. The summed E-state index contributed by atoms with van der Waals surface area (Å²) in [5.41, 5.74) is 2.34. The first-order valence-electron chi connectivity index (χ1n) is 9.74. The van der Waals surface area contributed by atoms with E-state index in [0.717, 1.165) is 37.1 Å². The zero-order chi connectivity index (χ0) is 20.4. The summed E-state index contributed by atoms with van der Waals surface area (Å²) in [6.07, 6.45) is 3.46. The molecular weight excluding hydrogens is 372 g/mol. The number of rotatable bonds is 7. The first-order chi connectivity index (χ1) is 14.0. The molecule has 150 valence electrons. The highest BCUT2D eigenvalue weighted by Crippen LogP contribution is 2.31. The van der Waals surface area contributed by atoms with E-state index in [9.17, 15) is 19.7 Å². The number of nitrogens with one attached hydrogen (secondary N) is 2. The number of benzene rings is 2. The molecule has 1 heterocycles. The molecule has 0 bridgehead atoms.